The second-order valence-electron chi connectivity index (χ2n) is 9.84. The molecule has 2 aliphatic heterocycles. The molecule has 4 rings (SSSR count). The van der Waals surface area contributed by atoms with Crippen molar-refractivity contribution < 1.29 is 28.7 Å². The van der Waals surface area contributed by atoms with Crippen molar-refractivity contribution in [1.82, 2.24) is 19.6 Å². The van der Waals surface area contributed by atoms with Gasteiger partial charge in [-0.25, -0.2) is 9.59 Å². The van der Waals surface area contributed by atoms with Gasteiger partial charge >= 0.3 is 23.9 Å². The fourth-order valence-corrected chi connectivity index (χ4v) is 4.76. The van der Waals surface area contributed by atoms with Crippen LogP contribution in [-0.4, -0.2) is 122 Å². The minimum atomic E-state index is -0.636. The van der Waals surface area contributed by atoms with E-state index < -0.39 is 23.9 Å². The van der Waals surface area contributed by atoms with Crippen molar-refractivity contribution in [2.45, 2.75) is 6.42 Å². The Hall–Kier alpha value is -3.44. The molecule has 0 atom stereocenters. The van der Waals surface area contributed by atoms with Crippen LogP contribution in [0, 0.1) is 0 Å². The van der Waals surface area contributed by atoms with Crippen LogP contribution in [0.4, 0.5) is 0 Å². The molecule has 0 amide bonds. The lowest BCUT2D eigenvalue weighted by Crippen LogP contribution is -2.50. The molecule has 2 fully saturated rings. The monoisotopic (exact) mass is 536 g/mol. The number of hydrogen-bond acceptors (Lipinski definition) is 10. The fourth-order valence-electron chi connectivity index (χ4n) is 4.76. The molecular weight excluding hydrogens is 500 g/mol. The summed E-state index contributed by atoms with van der Waals surface area (Å²) in [6, 6.07) is 17.0. The average Bonchev–Trinajstić information content (AvgIpc) is 2.95. The van der Waals surface area contributed by atoms with Crippen molar-refractivity contribution in [3.63, 3.8) is 0 Å². The summed E-state index contributed by atoms with van der Waals surface area (Å²) < 4.78 is 10.2. The SMILES string of the molecule is O=C(CN1CCN2CCCN(CC1)CCN(CC(=O)OC(=O)c1ccccc1)CC2)OC(=O)c1ccccc1. The molecule has 2 aromatic carbocycles. The van der Waals surface area contributed by atoms with Crippen molar-refractivity contribution >= 4 is 23.9 Å². The fraction of sp³-hybridized carbons (Fsp3) is 0.448. The number of carbonyl (C=O) groups is 4. The first-order valence-corrected chi connectivity index (χ1v) is 13.5. The maximum atomic E-state index is 12.5. The lowest BCUT2D eigenvalue weighted by atomic mass is 10.2. The smallest absolute Gasteiger partial charge is 0.345 e. The Kier molecular flexibility index (Phi) is 10.7. The van der Waals surface area contributed by atoms with Crippen LogP contribution in [-0.2, 0) is 19.1 Å². The van der Waals surface area contributed by atoms with Crippen molar-refractivity contribution in [2.24, 2.45) is 0 Å². The van der Waals surface area contributed by atoms with Crippen molar-refractivity contribution in [2.75, 3.05) is 78.5 Å². The predicted molar refractivity (Wildman–Crippen MR) is 144 cm³/mol. The summed E-state index contributed by atoms with van der Waals surface area (Å²) in [6.07, 6.45) is 1.04. The van der Waals surface area contributed by atoms with E-state index >= 15 is 0 Å². The van der Waals surface area contributed by atoms with Crippen LogP contribution in [0.3, 0.4) is 0 Å². The van der Waals surface area contributed by atoms with Gasteiger partial charge in [-0.15, -0.1) is 0 Å². The van der Waals surface area contributed by atoms with E-state index in [1.165, 1.54) is 0 Å². The van der Waals surface area contributed by atoms with Crippen LogP contribution in [0.1, 0.15) is 27.1 Å². The van der Waals surface area contributed by atoms with Gasteiger partial charge in [-0.05, 0) is 43.8 Å². The molecule has 10 nitrogen and oxygen atoms in total. The summed E-state index contributed by atoms with van der Waals surface area (Å²) >= 11 is 0. The first-order valence-electron chi connectivity index (χ1n) is 13.5. The number of esters is 4. The van der Waals surface area contributed by atoms with Crippen molar-refractivity contribution in [3.8, 4) is 0 Å². The number of carbonyl (C=O) groups excluding carboxylic acids is 4. The summed E-state index contributed by atoms with van der Waals surface area (Å²) in [6.45, 7) is 7.59. The average molecular weight is 537 g/mol. The molecule has 0 N–H and O–H groups in total. The zero-order valence-electron chi connectivity index (χ0n) is 22.2. The van der Waals surface area contributed by atoms with E-state index in [9.17, 15) is 19.2 Å². The summed E-state index contributed by atoms with van der Waals surface area (Å²) in [5.41, 5.74) is 0.702. The van der Waals surface area contributed by atoms with E-state index in [2.05, 4.69) is 9.80 Å². The van der Waals surface area contributed by atoms with E-state index in [0.29, 0.717) is 37.3 Å². The second kappa shape index (κ2) is 14.6. The number of fused-ring (bicyclic) bond motifs is 4. The minimum absolute atomic E-state index is 0.0493. The Morgan fingerprint density at radius 2 is 0.872 bits per heavy atom. The summed E-state index contributed by atoms with van der Waals surface area (Å²) in [5.74, 6) is -2.38. The largest absolute Gasteiger partial charge is 0.388 e. The number of hydrogen-bond donors (Lipinski definition) is 0. The maximum Gasteiger partial charge on any atom is 0.345 e. The Morgan fingerprint density at radius 3 is 1.23 bits per heavy atom. The van der Waals surface area contributed by atoms with Crippen molar-refractivity contribution in [1.29, 1.82) is 0 Å². The van der Waals surface area contributed by atoms with E-state index in [-0.39, 0.29) is 13.1 Å². The number of benzene rings is 2. The quantitative estimate of drug-likeness (QED) is 0.398. The number of nitrogens with zero attached hydrogens (tertiary/aromatic N) is 4. The molecular formula is C29H36N4O6. The molecule has 2 heterocycles. The lowest BCUT2D eigenvalue weighted by Gasteiger charge is -2.36. The minimum Gasteiger partial charge on any atom is -0.388 e. The Morgan fingerprint density at radius 1 is 0.513 bits per heavy atom. The van der Waals surface area contributed by atoms with Crippen molar-refractivity contribution in [3.05, 3.63) is 71.8 Å². The first-order chi connectivity index (χ1) is 19.0. The third-order valence-electron chi connectivity index (χ3n) is 7.02. The highest BCUT2D eigenvalue weighted by Gasteiger charge is 2.23. The van der Waals surface area contributed by atoms with Gasteiger partial charge in [0.2, 0.25) is 0 Å². The molecule has 2 saturated heterocycles. The van der Waals surface area contributed by atoms with Crippen LogP contribution < -0.4 is 0 Å². The number of ether oxygens (including phenoxy) is 2. The molecule has 0 radical (unpaired) electrons. The van der Waals surface area contributed by atoms with Gasteiger partial charge in [0.25, 0.3) is 0 Å². The van der Waals surface area contributed by atoms with Crippen LogP contribution in [0.5, 0.6) is 0 Å². The number of rotatable bonds is 6. The zero-order valence-corrected chi connectivity index (χ0v) is 22.2. The van der Waals surface area contributed by atoms with Crippen LogP contribution in [0.15, 0.2) is 60.7 Å². The van der Waals surface area contributed by atoms with Crippen LogP contribution in [0.2, 0.25) is 0 Å². The van der Waals surface area contributed by atoms with Gasteiger partial charge in [-0.3, -0.25) is 19.4 Å². The van der Waals surface area contributed by atoms with E-state index in [1.807, 2.05) is 9.80 Å². The first kappa shape index (κ1) is 28.6. The second-order valence-corrected chi connectivity index (χ2v) is 9.84. The molecule has 0 aromatic heterocycles. The standard InChI is InChI=1S/C29H36N4O6/c34-26(38-28(36)24-8-3-1-4-9-24)22-32-18-14-30-12-7-13-31(15-19-32)17-21-33(20-16-30)23-27(35)39-29(37)25-10-5-2-6-11-25/h1-6,8-11H,7,12-23H2. The van der Waals surface area contributed by atoms with Gasteiger partial charge in [0.15, 0.2) is 0 Å². The topological polar surface area (TPSA) is 99.7 Å². The van der Waals surface area contributed by atoms with Gasteiger partial charge in [0.1, 0.15) is 0 Å². The molecule has 0 spiro atoms. The molecule has 2 bridgehead atoms. The molecule has 0 unspecified atom stereocenters. The summed E-state index contributed by atoms with van der Waals surface area (Å²) in [4.78, 5) is 58.4. The highest BCUT2D eigenvalue weighted by molar-refractivity contribution is 5.97. The van der Waals surface area contributed by atoms with E-state index in [0.717, 1.165) is 45.7 Å². The maximum absolute atomic E-state index is 12.5. The third-order valence-corrected chi connectivity index (χ3v) is 7.02. The van der Waals surface area contributed by atoms with E-state index in [4.69, 9.17) is 9.47 Å². The molecule has 39 heavy (non-hydrogen) atoms. The molecule has 10 heteroatoms. The summed E-state index contributed by atoms with van der Waals surface area (Å²) in [5, 5.41) is 0. The normalized spacial score (nSPS) is 21.1. The molecule has 0 saturated carbocycles. The Labute approximate surface area is 229 Å². The molecule has 208 valence electrons. The van der Waals surface area contributed by atoms with Gasteiger partial charge in [-0.2, -0.15) is 0 Å². The van der Waals surface area contributed by atoms with Gasteiger partial charge < -0.3 is 19.3 Å². The molecule has 2 aromatic rings. The molecule has 2 aliphatic rings. The van der Waals surface area contributed by atoms with E-state index in [1.54, 1.807) is 60.7 Å². The highest BCUT2D eigenvalue weighted by atomic mass is 16.6. The van der Waals surface area contributed by atoms with Gasteiger partial charge in [0, 0.05) is 52.4 Å². The van der Waals surface area contributed by atoms with Gasteiger partial charge in [-0.1, -0.05) is 36.4 Å². The zero-order chi connectivity index (χ0) is 27.5. The predicted octanol–water partition coefficient (Wildman–Crippen LogP) is 1.38. The third kappa shape index (κ3) is 9.36. The lowest BCUT2D eigenvalue weighted by molar-refractivity contribution is -0.140. The molecule has 0 aliphatic carbocycles. The summed E-state index contributed by atoms with van der Waals surface area (Å²) in [7, 11) is 0. The Bertz CT molecular complexity index is 1010. The van der Waals surface area contributed by atoms with Gasteiger partial charge in [0.05, 0.1) is 24.2 Å². The van der Waals surface area contributed by atoms with Crippen LogP contribution in [0.25, 0.3) is 0 Å². The van der Waals surface area contributed by atoms with Crippen LogP contribution >= 0.6 is 0 Å². The highest BCUT2D eigenvalue weighted by Crippen LogP contribution is 2.08. The Balaban J connectivity index is 1.30.